The van der Waals surface area contributed by atoms with E-state index in [-0.39, 0.29) is 25.0 Å². The van der Waals surface area contributed by atoms with Crippen LogP contribution in [0, 0.1) is 11.6 Å². The van der Waals surface area contributed by atoms with Crippen LogP contribution in [0.3, 0.4) is 0 Å². The molecular formula is C30H45ClO2P2Pd. The second-order valence-electron chi connectivity index (χ2n) is 10.5. The van der Waals surface area contributed by atoms with Crippen LogP contribution < -0.4 is 9.47 Å². The second kappa shape index (κ2) is 16.2. The van der Waals surface area contributed by atoms with Crippen LogP contribution in [0.5, 0.6) is 11.5 Å². The minimum absolute atomic E-state index is 0. The quantitative estimate of drug-likeness (QED) is 0.128. The molecule has 6 heteroatoms. The third-order valence-electron chi connectivity index (χ3n) is 6.89. The Kier molecular flexibility index (Phi) is 14.5. The smallest absolute Gasteiger partial charge is 0.509 e. The van der Waals surface area contributed by atoms with Crippen molar-refractivity contribution < 1.29 is 29.9 Å². The molecule has 0 aromatic heterocycles. The SMILES string of the molecule is COc1cccc(OC)c1C1=CC=CC(Cl)(PC2CCCCC2)[C-]1PC1CCCCC1.C[C-](C)C.[Pd+2]. The van der Waals surface area contributed by atoms with Crippen LogP contribution in [-0.4, -0.2) is 30.2 Å². The molecule has 3 aliphatic rings. The van der Waals surface area contributed by atoms with Gasteiger partial charge in [0.15, 0.2) is 0 Å². The Bertz CT molecular complexity index is 822. The first kappa shape index (κ1) is 32.2. The summed E-state index contributed by atoms with van der Waals surface area (Å²) < 4.78 is 11.2. The molecule has 36 heavy (non-hydrogen) atoms. The van der Waals surface area contributed by atoms with Gasteiger partial charge in [0, 0.05) is 0 Å². The van der Waals surface area contributed by atoms with E-state index in [4.69, 9.17) is 21.1 Å². The van der Waals surface area contributed by atoms with E-state index in [1.54, 1.807) is 14.2 Å². The summed E-state index contributed by atoms with van der Waals surface area (Å²) in [5.74, 6) is 3.15. The topological polar surface area (TPSA) is 18.5 Å². The summed E-state index contributed by atoms with van der Waals surface area (Å²) in [5, 5.41) is 0. The van der Waals surface area contributed by atoms with Gasteiger partial charge in [-0.05, 0) is 54.7 Å². The van der Waals surface area contributed by atoms with Crippen molar-refractivity contribution in [2.75, 3.05) is 14.2 Å². The van der Waals surface area contributed by atoms with E-state index < -0.39 is 0 Å². The van der Waals surface area contributed by atoms with Crippen LogP contribution in [0.2, 0.25) is 0 Å². The molecule has 3 aliphatic carbocycles. The summed E-state index contributed by atoms with van der Waals surface area (Å²) in [7, 11) is 5.00. The van der Waals surface area contributed by atoms with E-state index in [0.29, 0.717) is 0 Å². The van der Waals surface area contributed by atoms with E-state index in [2.05, 4.69) is 39.0 Å². The molecule has 2 saturated carbocycles. The van der Waals surface area contributed by atoms with Crippen LogP contribution in [-0.2, 0) is 20.4 Å². The van der Waals surface area contributed by atoms with Gasteiger partial charge in [-0.15, -0.1) is 40.5 Å². The molecule has 4 rings (SSSR count). The number of halogens is 1. The summed E-state index contributed by atoms with van der Waals surface area (Å²) in [4.78, 5) is 0. The van der Waals surface area contributed by atoms with E-state index in [1.807, 2.05) is 18.2 Å². The molecule has 0 spiro atoms. The Morgan fingerprint density at radius 1 is 0.889 bits per heavy atom. The van der Waals surface area contributed by atoms with Gasteiger partial charge in [0.1, 0.15) is 0 Å². The number of alkyl halides is 1. The first-order valence-corrected chi connectivity index (χ1v) is 15.9. The molecule has 2 fully saturated rings. The van der Waals surface area contributed by atoms with Gasteiger partial charge in [0.25, 0.3) is 0 Å². The van der Waals surface area contributed by atoms with Crippen molar-refractivity contribution in [3.63, 3.8) is 0 Å². The van der Waals surface area contributed by atoms with E-state index >= 15 is 0 Å². The van der Waals surface area contributed by atoms with Crippen LogP contribution in [0.1, 0.15) is 90.5 Å². The molecule has 0 radical (unpaired) electrons. The molecule has 1 aromatic carbocycles. The predicted octanol–water partition coefficient (Wildman–Crippen LogP) is 9.76. The van der Waals surface area contributed by atoms with Crippen molar-refractivity contribution in [1.29, 1.82) is 0 Å². The maximum Gasteiger partial charge on any atom is 2.00 e. The number of rotatable bonds is 7. The van der Waals surface area contributed by atoms with E-state index in [1.165, 1.54) is 81.4 Å². The molecule has 3 unspecified atom stereocenters. The summed E-state index contributed by atoms with van der Waals surface area (Å²) in [5.41, 5.74) is 5.23. The number of ether oxygens (including phenoxy) is 2. The molecule has 0 heterocycles. The molecule has 0 bridgehead atoms. The third-order valence-corrected chi connectivity index (χ3v) is 11.7. The zero-order valence-electron chi connectivity index (χ0n) is 22.7. The molecule has 2 nitrogen and oxygen atoms in total. The number of hydrogen-bond donors (Lipinski definition) is 0. The van der Waals surface area contributed by atoms with E-state index in [9.17, 15) is 0 Å². The molecule has 0 amide bonds. The van der Waals surface area contributed by atoms with Gasteiger partial charge in [-0.3, -0.25) is 0 Å². The molecule has 3 atom stereocenters. The van der Waals surface area contributed by atoms with Crippen molar-refractivity contribution >= 4 is 34.3 Å². The fourth-order valence-electron chi connectivity index (χ4n) is 5.26. The van der Waals surface area contributed by atoms with Crippen molar-refractivity contribution in [1.82, 2.24) is 0 Å². The monoisotopic (exact) mass is 640 g/mol. The Morgan fingerprint density at radius 2 is 1.39 bits per heavy atom. The number of methoxy groups -OCH3 is 2. The van der Waals surface area contributed by atoms with Gasteiger partial charge in [0.05, 0.1) is 30.3 Å². The minimum atomic E-state index is -0.367. The summed E-state index contributed by atoms with van der Waals surface area (Å²) >= 11 is 7.60. The molecule has 0 saturated heterocycles. The van der Waals surface area contributed by atoms with Gasteiger partial charge in [-0.25, -0.2) is 0 Å². The van der Waals surface area contributed by atoms with Crippen LogP contribution >= 0.6 is 28.8 Å². The normalized spacial score (nSPS) is 23.5. The molecule has 204 valence electrons. The molecule has 0 N–H and O–H groups in total. The van der Waals surface area contributed by atoms with Crippen LogP contribution in [0.4, 0.5) is 0 Å². The van der Waals surface area contributed by atoms with Crippen molar-refractivity contribution in [2.45, 2.75) is 101 Å². The average molecular weight is 642 g/mol. The Labute approximate surface area is 243 Å². The van der Waals surface area contributed by atoms with Crippen molar-refractivity contribution in [2.24, 2.45) is 0 Å². The van der Waals surface area contributed by atoms with Gasteiger partial charge < -0.3 is 15.4 Å². The predicted molar refractivity (Wildman–Crippen MR) is 159 cm³/mol. The fourth-order valence-corrected chi connectivity index (χ4v) is 10.0. The zero-order chi connectivity index (χ0) is 25.3. The van der Waals surface area contributed by atoms with Gasteiger partial charge in [-0.2, -0.15) is 32.4 Å². The summed E-state index contributed by atoms with van der Waals surface area (Å²) in [6.07, 6.45) is 20.3. The van der Waals surface area contributed by atoms with Gasteiger partial charge >= 0.3 is 20.4 Å². The number of allylic oxidation sites excluding steroid dienone is 4. The summed E-state index contributed by atoms with van der Waals surface area (Å²) in [6, 6.07) is 6.08. The van der Waals surface area contributed by atoms with E-state index in [0.717, 1.165) is 45.5 Å². The fraction of sp³-hybridized carbons (Fsp3) is 0.600. The first-order chi connectivity index (χ1) is 16.9. The molecule has 0 aliphatic heterocycles. The largest absolute Gasteiger partial charge is 2.00 e. The minimum Gasteiger partial charge on any atom is -0.509 e. The Hall–Kier alpha value is -0.0177. The second-order valence-corrected chi connectivity index (χ2v) is 14.9. The van der Waals surface area contributed by atoms with Crippen molar-refractivity contribution in [3.8, 4) is 11.5 Å². The van der Waals surface area contributed by atoms with Gasteiger partial charge in [-0.1, -0.05) is 50.7 Å². The Balaban J connectivity index is 0.000000850. The standard InChI is InChI=1S/C26H36ClO2P2.C4H9.Pd/c1-28-22-16-9-17-23(29-2)24(22)21-15-10-18-26(27,31-20-13-7-4-8-14-20)25(21)30-19-11-5-3-6-12-19;1-4(2)3;/h9-10,15-20,30-31H,3-8,11-14H2,1-2H3;1-3H3;/q2*-1;+2. The Morgan fingerprint density at radius 3 is 1.89 bits per heavy atom. The van der Waals surface area contributed by atoms with Gasteiger partial charge in [0.2, 0.25) is 0 Å². The maximum atomic E-state index is 7.60. The van der Waals surface area contributed by atoms with Crippen molar-refractivity contribution in [3.05, 3.63) is 53.6 Å². The number of hydrogen-bond acceptors (Lipinski definition) is 2. The number of benzene rings is 1. The third kappa shape index (κ3) is 9.03. The average Bonchev–Trinajstić information content (AvgIpc) is 2.85. The summed E-state index contributed by atoms with van der Waals surface area (Å²) in [6.45, 7) is 6.25. The maximum absolute atomic E-state index is 7.60. The zero-order valence-corrected chi connectivity index (χ0v) is 27.0. The first-order valence-electron chi connectivity index (χ1n) is 13.4. The molecule has 1 aromatic rings. The van der Waals surface area contributed by atoms with Crippen LogP contribution in [0.25, 0.3) is 5.57 Å². The molecular weight excluding hydrogens is 596 g/mol. The van der Waals surface area contributed by atoms with Crippen LogP contribution in [0.15, 0.2) is 36.4 Å².